The maximum atomic E-state index is 10.6. The van der Waals surface area contributed by atoms with Gasteiger partial charge in [-0.15, -0.1) is 0 Å². The molecule has 122 valence electrons. The van der Waals surface area contributed by atoms with Crippen molar-refractivity contribution >= 4 is 36.5 Å². The fourth-order valence-electron chi connectivity index (χ4n) is 2.34. The molecule has 23 heavy (non-hydrogen) atoms. The third-order valence-corrected chi connectivity index (χ3v) is 5.39. The van der Waals surface area contributed by atoms with Gasteiger partial charge in [0.2, 0.25) is 0 Å². The van der Waals surface area contributed by atoms with E-state index in [1.54, 1.807) is 13.3 Å². The molecule has 0 saturated heterocycles. The molecule has 1 N–H and O–H groups in total. The van der Waals surface area contributed by atoms with Gasteiger partial charge in [-0.2, -0.15) is 0 Å². The Balaban J connectivity index is 0.000000816. The van der Waals surface area contributed by atoms with E-state index < -0.39 is 28.9 Å². The predicted octanol–water partition coefficient (Wildman–Crippen LogP) is 5.03. The van der Waals surface area contributed by atoms with Crippen molar-refractivity contribution in [2.24, 2.45) is 4.99 Å². The zero-order valence-electron chi connectivity index (χ0n) is 13.8. The topological polar surface area (TPSA) is 32.6 Å². The van der Waals surface area contributed by atoms with Crippen LogP contribution in [-0.2, 0) is 20.8 Å². The molecule has 2 nitrogen and oxygen atoms in total. The molecule has 2 rings (SSSR count). The molecule has 0 spiro atoms. The van der Waals surface area contributed by atoms with Gasteiger partial charge in [-0.1, -0.05) is 62.1 Å². The number of aliphatic imine (C=N–C) groups is 1. The van der Waals surface area contributed by atoms with Crippen LogP contribution in [0.1, 0.15) is 5.56 Å². The summed E-state index contributed by atoms with van der Waals surface area (Å²) in [5.74, 6) is 0.385. The van der Waals surface area contributed by atoms with Crippen molar-refractivity contribution in [3.8, 4) is 16.9 Å². The van der Waals surface area contributed by atoms with Crippen molar-refractivity contribution in [3.63, 3.8) is 0 Å². The second-order valence-corrected chi connectivity index (χ2v) is 14.8. The molecule has 2 aromatic carbocycles. The molecule has 0 amide bonds. The van der Waals surface area contributed by atoms with Crippen molar-refractivity contribution < 1.29 is 26.0 Å². The van der Waals surface area contributed by atoms with Gasteiger partial charge in [0, 0.05) is 18.8 Å². The number of halogens is 2. The molecule has 2 aromatic rings. The first-order valence-corrected chi connectivity index (χ1v) is 17.0. The third kappa shape index (κ3) is 5.86. The van der Waals surface area contributed by atoms with E-state index in [0.29, 0.717) is 5.75 Å². The van der Waals surface area contributed by atoms with Crippen LogP contribution in [0.4, 0.5) is 0 Å². The number of aromatic hydroxyl groups is 1. The van der Waals surface area contributed by atoms with E-state index in [9.17, 15) is 5.11 Å². The zero-order chi connectivity index (χ0) is 17.5. The molecule has 6 heteroatoms. The first-order chi connectivity index (χ1) is 10.9. The molecular weight excluding hydrogens is 424 g/mol. The Labute approximate surface area is 158 Å². The molecule has 0 bridgehead atoms. The number of hydrogen-bond acceptors (Lipinski definition) is 2. The third-order valence-electron chi connectivity index (χ3n) is 3.37. The van der Waals surface area contributed by atoms with Gasteiger partial charge in [0.25, 0.3) is 0 Å². The molecule has 0 aromatic heterocycles. The van der Waals surface area contributed by atoms with E-state index in [0.717, 1.165) is 21.9 Å². The molecule has 0 atom stereocenters. The SMILES string of the molecule is CN=Cc1c(-c2ccccc2)ccc([Si](C)(C)C)c1O.[Cl][Zr][Cl]. The Kier molecular flexibility index (Phi) is 8.78. The molecule has 0 aliphatic rings. The molecule has 0 aliphatic heterocycles. The van der Waals surface area contributed by atoms with Crippen LogP contribution in [0.15, 0.2) is 47.5 Å². The summed E-state index contributed by atoms with van der Waals surface area (Å²) >= 11 is -0.826. The van der Waals surface area contributed by atoms with Crippen molar-refractivity contribution in [2.75, 3.05) is 7.05 Å². The maximum absolute atomic E-state index is 10.6. The Hall–Kier alpha value is -0.410. The van der Waals surface area contributed by atoms with Crippen LogP contribution >= 0.6 is 17.0 Å². The van der Waals surface area contributed by atoms with E-state index in [4.69, 9.17) is 17.0 Å². The second kappa shape index (κ2) is 9.78. The molecule has 0 fully saturated rings. The van der Waals surface area contributed by atoms with Crippen LogP contribution in [0.3, 0.4) is 0 Å². The van der Waals surface area contributed by atoms with Crippen molar-refractivity contribution in [1.29, 1.82) is 0 Å². The molecular formula is C17H21Cl2NOSiZr. The zero-order valence-corrected chi connectivity index (χ0v) is 18.7. The van der Waals surface area contributed by atoms with Gasteiger partial charge in [-0.3, -0.25) is 4.99 Å². The quantitative estimate of drug-likeness (QED) is 0.522. The second-order valence-electron chi connectivity index (χ2n) is 6.00. The summed E-state index contributed by atoms with van der Waals surface area (Å²) < 4.78 is 0. The first kappa shape index (κ1) is 20.6. The number of hydrogen-bond donors (Lipinski definition) is 1. The Morgan fingerprint density at radius 2 is 1.61 bits per heavy atom. The van der Waals surface area contributed by atoms with Crippen molar-refractivity contribution in [3.05, 3.63) is 48.0 Å². The number of benzene rings is 2. The number of phenols is 1. The van der Waals surface area contributed by atoms with E-state index in [1.807, 2.05) is 18.2 Å². The van der Waals surface area contributed by atoms with Gasteiger partial charge in [-0.05, 0) is 16.3 Å². The Morgan fingerprint density at radius 1 is 1.04 bits per heavy atom. The van der Waals surface area contributed by atoms with E-state index >= 15 is 0 Å². The van der Waals surface area contributed by atoms with Crippen LogP contribution in [0.5, 0.6) is 5.75 Å². The fourth-order valence-corrected chi connectivity index (χ4v) is 3.77. The number of phenolic OH excluding ortho intramolecular Hbond substituents is 1. The van der Waals surface area contributed by atoms with E-state index in [-0.39, 0.29) is 0 Å². The van der Waals surface area contributed by atoms with Crippen molar-refractivity contribution in [1.82, 2.24) is 0 Å². The molecule has 0 unspecified atom stereocenters. The number of nitrogens with zero attached hydrogens (tertiary/aromatic N) is 1. The van der Waals surface area contributed by atoms with Gasteiger partial charge >= 0.3 is 37.9 Å². The van der Waals surface area contributed by atoms with E-state index in [1.165, 1.54) is 0 Å². The normalized spacial score (nSPS) is 11.0. The van der Waals surface area contributed by atoms with Crippen LogP contribution in [-0.4, -0.2) is 26.4 Å². The van der Waals surface area contributed by atoms with Gasteiger partial charge in [0.15, 0.2) is 0 Å². The average molecular weight is 446 g/mol. The summed E-state index contributed by atoms with van der Waals surface area (Å²) in [4.78, 5) is 4.11. The minimum atomic E-state index is -1.57. The van der Waals surface area contributed by atoms with Crippen LogP contribution in [0.2, 0.25) is 19.6 Å². The van der Waals surface area contributed by atoms with Gasteiger partial charge < -0.3 is 5.11 Å². The summed E-state index contributed by atoms with van der Waals surface area (Å²) in [6, 6.07) is 14.3. The summed E-state index contributed by atoms with van der Waals surface area (Å²) in [6.45, 7) is 6.70. The number of rotatable bonds is 3. The Bertz CT molecular complexity index is 658. The first-order valence-electron chi connectivity index (χ1n) is 7.17. The summed E-state index contributed by atoms with van der Waals surface area (Å²) in [6.07, 6.45) is 1.75. The molecule has 0 heterocycles. The summed E-state index contributed by atoms with van der Waals surface area (Å²) in [5.41, 5.74) is 2.94. The van der Waals surface area contributed by atoms with Gasteiger partial charge in [0.05, 0.1) is 8.07 Å². The van der Waals surface area contributed by atoms with Crippen molar-refractivity contribution in [2.45, 2.75) is 19.6 Å². The molecule has 0 radical (unpaired) electrons. The van der Waals surface area contributed by atoms with E-state index in [2.05, 4.69) is 48.9 Å². The van der Waals surface area contributed by atoms with Crippen LogP contribution in [0.25, 0.3) is 11.1 Å². The Morgan fingerprint density at radius 3 is 2.09 bits per heavy atom. The van der Waals surface area contributed by atoms with Crippen LogP contribution < -0.4 is 5.19 Å². The van der Waals surface area contributed by atoms with Gasteiger partial charge in [-0.25, -0.2) is 0 Å². The standard InChI is InChI=1S/C17H21NOSi.2ClH.Zr/c1-18-12-15-14(13-8-6-5-7-9-13)10-11-16(17(15)19)20(2,3)4;;;/h5-12,19H,1-4H3;2*1H;/q;;;+2/p-2. The van der Waals surface area contributed by atoms with Crippen LogP contribution in [0, 0.1) is 0 Å². The molecule has 0 aliphatic carbocycles. The minimum absolute atomic E-state index is 0.385. The summed E-state index contributed by atoms with van der Waals surface area (Å²) in [7, 11) is 10.0. The monoisotopic (exact) mass is 443 g/mol. The fraction of sp³-hybridized carbons (Fsp3) is 0.235. The molecule has 0 saturated carbocycles. The average Bonchev–Trinajstić information content (AvgIpc) is 2.50. The summed E-state index contributed by atoms with van der Waals surface area (Å²) in [5, 5.41) is 11.7. The predicted molar refractivity (Wildman–Crippen MR) is 102 cm³/mol. The van der Waals surface area contributed by atoms with Gasteiger partial charge in [0.1, 0.15) is 5.75 Å².